The highest BCUT2D eigenvalue weighted by molar-refractivity contribution is 5.94. The zero-order chi connectivity index (χ0) is 22.0. The number of carbonyl (C=O) groups excluding carboxylic acids is 2. The average molecular weight is 464 g/mol. The Balaban J connectivity index is 0.00000289. The first-order chi connectivity index (χ1) is 15.0. The van der Waals surface area contributed by atoms with E-state index in [-0.39, 0.29) is 24.4 Å². The second-order valence-corrected chi connectivity index (χ2v) is 9.71. The number of anilines is 1. The molecule has 32 heavy (non-hydrogen) atoms. The minimum absolute atomic E-state index is 0. The van der Waals surface area contributed by atoms with Gasteiger partial charge in [0.15, 0.2) is 0 Å². The summed E-state index contributed by atoms with van der Waals surface area (Å²) < 4.78 is 4.77. The average Bonchev–Trinajstić information content (AvgIpc) is 3.10. The molecule has 1 unspecified atom stereocenters. The Labute approximate surface area is 198 Å². The zero-order valence-corrected chi connectivity index (χ0v) is 20.5. The van der Waals surface area contributed by atoms with Crippen molar-refractivity contribution in [1.29, 1.82) is 0 Å². The van der Waals surface area contributed by atoms with E-state index in [1.807, 2.05) is 4.90 Å². The maximum absolute atomic E-state index is 13.3. The molecule has 2 amide bonds. The first-order valence-electron chi connectivity index (χ1n) is 11.9. The lowest BCUT2D eigenvalue weighted by molar-refractivity contribution is -0.141. The fourth-order valence-corrected chi connectivity index (χ4v) is 5.71. The van der Waals surface area contributed by atoms with E-state index in [1.165, 1.54) is 18.2 Å². The molecule has 6 nitrogen and oxygen atoms in total. The van der Waals surface area contributed by atoms with Crippen LogP contribution in [0.1, 0.15) is 62.5 Å². The smallest absolute Gasteiger partial charge is 0.324 e. The van der Waals surface area contributed by atoms with E-state index in [0.29, 0.717) is 24.3 Å². The Morgan fingerprint density at radius 1 is 1.12 bits per heavy atom. The molecule has 1 aromatic rings. The standard InChI is InChI=1S/C25H37N3O3.ClH/c1-18-17-26(2)13-12-20-7-10-22(16-23(18)20)28-15-14-27(25(28)30)21-8-4-19(5-9-21)6-11-24(29)31-3;/h7,10,16,18-19,21H,4-6,8-9,11-15,17H2,1-3H3;1H. The minimum Gasteiger partial charge on any atom is -0.469 e. The van der Waals surface area contributed by atoms with Crippen LogP contribution < -0.4 is 4.90 Å². The number of halogens is 1. The van der Waals surface area contributed by atoms with Crippen molar-refractivity contribution in [2.75, 3.05) is 45.2 Å². The Morgan fingerprint density at radius 2 is 1.88 bits per heavy atom. The molecule has 0 aromatic heterocycles. The lowest BCUT2D eigenvalue weighted by atomic mass is 9.83. The quantitative estimate of drug-likeness (QED) is 0.605. The molecular weight excluding hydrogens is 426 g/mol. The third-order valence-electron chi connectivity index (χ3n) is 7.60. The molecule has 1 atom stereocenters. The number of urea groups is 1. The van der Waals surface area contributed by atoms with E-state index in [0.717, 1.165) is 70.4 Å². The molecular formula is C25H38ClN3O3. The number of esters is 1. The number of likely N-dealkylation sites (N-methyl/N-ethyl adjacent to an activating group) is 1. The van der Waals surface area contributed by atoms with Gasteiger partial charge in [-0.2, -0.15) is 0 Å². The van der Waals surface area contributed by atoms with Crippen LogP contribution in [-0.2, 0) is 16.0 Å². The second kappa shape index (κ2) is 10.9. The van der Waals surface area contributed by atoms with E-state index in [9.17, 15) is 9.59 Å². The number of amides is 2. The maximum atomic E-state index is 13.3. The molecule has 2 aliphatic heterocycles. The molecule has 1 aliphatic carbocycles. The molecule has 2 fully saturated rings. The van der Waals surface area contributed by atoms with Crippen molar-refractivity contribution in [1.82, 2.24) is 9.80 Å². The van der Waals surface area contributed by atoms with Gasteiger partial charge in [-0.05, 0) is 80.7 Å². The van der Waals surface area contributed by atoms with Crippen LogP contribution in [0.3, 0.4) is 0 Å². The third-order valence-corrected chi connectivity index (χ3v) is 7.60. The van der Waals surface area contributed by atoms with Crippen molar-refractivity contribution in [3.8, 4) is 0 Å². The van der Waals surface area contributed by atoms with Gasteiger partial charge in [0.2, 0.25) is 0 Å². The van der Waals surface area contributed by atoms with Crippen LogP contribution in [0.15, 0.2) is 18.2 Å². The predicted molar refractivity (Wildman–Crippen MR) is 130 cm³/mol. The highest BCUT2D eigenvalue weighted by atomic mass is 35.5. The molecule has 0 spiro atoms. The van der Waals surface area contributed by atoms with E-state index in [2.05, 4.69) is 42.0 Å². The number of methoxy groups -OCH3 is 1. The molecule has 0 radical (unpaired) electrons. The summed E-state index contributed by atoms with van der Waals surface area (Å²) in [6.45, 7) is 6.03. The third kappa shape index (κ3) is 5.40. The van der Waals surface area contributed by atoms with Gasteiger partial charge in [-0.3, -0.25) is 9.69 Å². The lowest BCUT2D eigenvalue weighted by Gasteiger charge is -2.34. The normalized spacial score (nSPS) is 26.3. The first-order valence-corrected chi connectivity index (χ1v) is 11.9. The number of benzene rings is 1. The molecule has 0 bridgehead atoms. The van der Waals surface area contributed by atoms with Crippen molar-refractivity contribution in [3.05, 3.63) is 29.3 Å². The van der Waals surface area contributed by atoms with E-state index < -0.39 is 0 Å². The van der Waals surface area contributed by atoms with Crippen LogP contribution in [0.4, 0.5) is 10.5 Å². The van der Waals surface area contributed by atoms with Crippen LogP contribution in [0, 0.1) is 5.92 Å². The maximum Gasteiger partial charge on any atom is 0.324 e. The first kappa shape index (κ1) is 24.8. The van der Waals surface area contributed by atoms with Crippen molar-refractivity contribution in [2.45, 2.75) is 63.8 Å². The van der Waals surface area contributed by atoms with Gasteiger partial charge in [-0.1, -0.05) is 13.0 Å². The van der Waals surface area contributed by atoms with Crippen molar-refractivity contribution >= 4 is 30.1 Å². The summed E-state index contributed by atoms with van der Waals surface area (Å²) in [6, 6.07) is 7.14. The molecule has 2 heterocycles. The van der Waals surface area contributed by atoms with Crippen molar-refractivity contribution < 1.29 is 14.3 Å². The number of hydrogen-bond acceptors (Lipinski definition) is 4. The summed E-state index contributed by atoms with van der Waals surface area (Å²) in [6.07, 6.45) is 6.76. The van der Waals surface area contributed by atoms with Crippen LogP contribution >= 0.6 is 12.4 Å². The van der Waals surface area contributed by atoms with Gasteiger partial charge in [-0.15, -0.1) is 12.4 Å². The molecule has 1 saturated heterocycles. The zero-order valence-electron chi connectivity index (χ0n) is 19.7. The fraction of sp³-hybridized carbons (Fsp3) is 0.680. The summed E-state index contributed by atoms with van der Waals surface area (Å²) in [5.74, 6) is 0.944. The summed E-state index contributed by atoms with van der Waals surface area (Å²) in [4.78, 5) is 31.2. The monoisotopic (exact) mass is 463 g/mol. The topological polar surface area (TPSA) is 53.1 Å². The highest BCUT2D eigenvalue weighted by Crippen LogP contribution is 2.34. The number of hydrogen-bond donors (Lipinski definition) is 0. The summed E-state index contributed by atoms with van der Waals surface area (Å²) >= 11 is 0. The number of fused-ring (bicyclic) bond motifs is 1. The Hall–Kier alpha value is -1.79. The predicted octanol–water partition coefficient (Wildman–Crippen LogP) is 4.45. The van der Waals surface area contributed by atoms with Crippen LogP contribution in [-0.4, -0.2) is 68.2 Å². The number of carbonyl (C=O) groups is 2. The van der Waals surface area contributed by atoms with E-state index >= 15 is 0 Å². The van der Waals surface area contributed by atoms with Crippen LogP contribution in [0.2, 0.25) is 0 Å². The number of nitrogens with zero attached hydrogens (tertiary/aromatic N) is 3. The van der Waals surface area contributed by atoms with Crippen molar-refractivity contribution in [2.24, 2.45) is 5.92 Å². The van der Waals surface area contributed by atoms with Gasteiger partial charge in [0.1, 0.15) is 0 Å². The molecule has 4 rings (SSSR count). The van der Waals surface area contributed by atoms with Crippen LogP contribution in [0.5, 0.6) is 0 Å². The molecule has 178 valence electrons. The second-order valence-electron chi connectivity index (χ2n) is 9.71. The van der Waals surface area contributed by atoms with Gasteiger partial charge in [0.05, 0.1) is 7.11 Å². The molecule has 1 saturated carbocycles. The molecule has 3 aliphatic rings. The minimum atomic E-state index is -0.116. The fourth-order valence-electron chi connectivity index (χ4n) is 5.71. The Kier molecular flexibility index (Phi) is 8.45. The summed E-state index contributed by atoms with van der Waals surface area (Å²) in [7, 11) is 3.64. The van der Waals surface area contributed by atoms with E-state index in [1.54, 1.807) is 0 Å². The van der Waals surface area contributed by atoms with Gasteiger partial charge in [-0.25, -0.2) is 4.79 Å². The van der Waals surface area contributed by atoms with Gasteiger partial charge in [0, 0.05) is 44.3 Å². The largest absolute Gasteiger partial charge is 0.469 e. The summed E-state index contributed by atoms with van der Waals surface area (Å²) in [5, 5.41) is 0. The molecule has 0 N–H and O–H groups in total. The van der Waals surface area contributed by atoms with E-state index in [4.69, 9.17) is 4.74 Å². The summed E-state index contributed by atoms with van der Waals surface area (Å²) in [5.41, 5.74) is 3.88. The molecule has 7 heteroatoms. The SMILES string of the molecule is COC(=O)CCC1CCC(N2CCN(c3ccc4c(c3)C(C)CN(C)CC4)C2=O)CC1.Cl. The highest BCUT2D eigenvalue weighted by Gasteiger charge is 2.36. The van der Waals surface area contributed by atoms with Gasteiger partial charge >= 0.3 is 12.0 Å². The number of rotatable bonds is 5. The number of ether oxygens (including phenoxy) is 1. The van der Waals surface area contributed by atoms with Gasteiger partial charge in [0.25, 0.3) is 0 Å². The Morgan fingerprint density at radius 3 is 2.59 bits per heavy atom. The van der Waals surface area contributed by atoms with Crippen LogP contribution in [0.25, 0.3) is 0 Å². The Bertz CT molecular complexity index is 810. The van der Waals surface area contributed by atoms with Gasteiger partial charge < -0.3 is 14.5 Å². The lowest BCUT2D eigenvalue weighted by Crippen LogP contribution is -2.41. The molecule has 1 aromatic carbocycles. The van der Waals surface area contributed by atoms with Crippen molar-refractivity contribution in [3.63, 3.8) is 0 Å².